The van der Waals surface area contributed by atoms with E-state index in [4.69, 9.17) is 14.2 Å². The average Bonchev–Trinajstić information content (AvgIpc) is 3.13. The van der Waals surface area contributed by atoms with Gasteiger partial charge in [-0.2, -0.15) is 0 Å². The van der Waals surface area contributed by atoms with Gasteiger partial charge in [0.1, 0.15) is 5.75 Å². The SMILES string of the molecule is COc1ccc(S(=O)(=O)NCc2ccc3c(c2)OCO3)c2ccccc12. The molecule has 0 fully saturated rings. The Bertz CT molecular complexity index is 1080. The van der Waals surface area contributed by atoms with Gasteiger partial charge in [-0.1, -0.05) is 30.3 Å². The number of hydrogen-bond donors (Lipinski definition) is 1. The number of methoxy groups -OCH3 is 1. The van der Waals surface area contributed by atoms with Gasteiger partial charge in [0.05, 0.1) is 12.0 Å². The van der Waals surface area contributed by atoms with Crippen molar-refractivity contribution in [2.45, 2.75) is 11.4 Å². The molecule has 0 bridgehead atoms. The highest BCUT2D eigenvalue weighted by atomic mass is 32.2. The zero-order valence-corrected chi connectivity index (χ0v) is 14.9. The predicted octanol–water partition coefficient (Wildman–Crippen LogP) is 3.06. The van der Waals surface area contributed by atoms with Crippen LogP contribution in [0.5, 0.6) is 17.2 Å². The van der Waals surface area contributed by atoms with Crippen molar-refractivity contribution < 1.29 is 22.6 Å². The standard InChI is InChI=1S/C19H17NO5S/c1-23-16-8-9-19(15-5-3-2-4-14(15)16)26(21,22)20-11-13-6-7-17-18(10-13)25-12-24-17/h2-10,20H,11-12H2,1H3. The van der Waals surface area contributed by atoms with E-state index in [0.717, 1.165) is 10.9 Å². The molecule has 6 nitrogen and oxygen atoms in total. The third-order valence-corrected chi connectivity index (χ3v) is 5.72. The molecule has 0 aliphatic carbocycles. The van der Waals surface area contributed by atoms with Gasteiger partial charge >= 0.3 is 0 Å². The lowest BCUT2D eigenvalue weighted by Crippen LogP contribution is -2.23. The summed E-state index contributed by atoms with van der Waals surface area (Å²) >= 11 is 0. The Morgan fingerprint density at radius 3 is 2.58 bits per heavy atom. The fourth-order valence-corrected chi connectivity index (χ4v) is 4.19. The third kappa shape index (κ3) is 2.95. The Hall–Kier alpha value is -2.77. The van der Waals surface area contributed by atoms with Crippen molar-refractivity contribution in [1.82, 2.24) is 4.72 Å². The first-order valence-electron chi connectivity index (χ1n) is 8.02. The van der Waals surface area contributed by atoms with Crippen molar-refractivity contribution in [1.29, 1.82) is 0 Å². The molecular formula is C19H17NO5S. The zero-order valence-electron chi connectivity index (χ0n) is 14.1. The summed E-state index contributed by atoms with van der Waals surface area (Å²) in [4.78, 5) is 0.217. The van der Waals surface area contributed by atoms with Gasteiger partial charge in [-0.3, -0.25) is 0 Å². The van der Waals surface area contributed by atoms with E-state index in [1.54, 1.807) is 43.5 Å². The second-order valence-electron chi connectivity index (χ2n) is 5.82. The minimum absolute atomic E-state index is 0.152. The van der Waals surface area contributed by atoms with Gasteiger partial charge in [0.25, 0.3) is 0 Å². The van der Waals surface area contributed by atoms with Gasteiger partial charge in [-0.05, 0) is 29.8 Å². The predicted molar refractivity (Wildman–Crippen MR) is 97.1 cm³/mol. The van der Waals surface area contributed by atoms with Crippen molar-refractivity contribution >= 4 is 20.8 Å². The van der Waals surface area contributed by atoms with E-state index in [1.165, 1.54) is 0 Å². The number of nitrogens with one attached hydrogen (secondary N) is 1. The number of sulfonamides is 1. The summed E-state index contributed by atoms with van der Waals surface area (Å²) in [5.41, 5.74) is 0.788. The van der Waals surface area contributed by atoms with Crippen molar-refractivity contribution in [3.05, 3.63) is 60.2 Å². The normalized spacial score (nSPS) is 13.1. The van der Waals surface area contributed by atoms with Crippen molar-refractivity contribution in [3.63, 3.8) is 0 Å². The van der Waals surface area contributed by atoms with Crippen LogP contribution in [0, 0.1) is 0 Å². The second kappa shape index (κ2) is 6.51. The first kappa shape index (κ1) is 16.7. The number of hydrogen-bond acceptors (Lipinski definition) is 5. The van der Waals surface area contributed by atoms with Crippen LogP contribution in [0.2, 0.25) is 0 Å². The monoisotopic (exact) mass is 371 g/mol. The van der Waals surface area contributed by atoms with Crippen LogP contribution in [-0.2, 0) is 16.6 Å². The van der Waals surface area contributed by atoms with Crippen LogP contribution in [-0.4, -0.2) is 22.3 Å². The van der Waals surface area contributed by atoms with E-state index >= 15 is 0 Å². The first-order chi connectivity index (χ1) is 12.6. The van der Waals surface area contributed by atoms with Crippen LogP contribution in [0.3, 0.4) is 0 Å². The molecule has 0 saturated carbocycles. The van der Waals surface area contributed by atoms with E-state index in [2.05, 4.69) is 4.72 Å². The van der Waals surface area contributed by atoms with Crippen LogP contribution in [0.1, 0.15) is 5.56 Å². The summed E-state index contributed by atoms with van der Waals surface area (Å²) in [6.45, 7) is 0.335. The molecule has 134 valence electrons. The molecule has 0 unspecified atom stereocenters. The lowest BCUT2D eigenvalue weighted by Gasteiger charge is -2.12. The fraction of sp³-hybridized carbons (Fsp3) is 0.158. The quantitative estimate of drug-likeness (QED) is 0.746. The molecule has 3 aromatic carbocycles. The number of ether oxygens (including phenoxy) is 3. The van der Waals surface area contributed by atoms with Crippen LogP contribution < -0.4 is 18.9 Å². The van der Waals surface area contributed by atoms with E-state index in [1.807, 2.05) is 18.2 Å². The third-order valence-electron chi connectivity index (χ3n) is 4.26. The molecule has 0 aromatic heterocycles. The molecule has 7 heteroatoms. The highest BCUT2D eigenvalue weighted by Gasteiger charge is 2.19. The summed E-state index contributed by atoms with van der Waals surface area (Å²) in [6.07, 6.45) is 0. The van der Waals surface area contributed by atoms with Gasteiger partial charge in [0, 0.05) is 17.3 Å². The molecular weight excluding hydrogens is 354 g/mol. The summed E-state index contributed by atoms with van der Waals surface area (Å²) in [5, 5.41) is 1.37. The summed E-state index contributed by atoms with van der Waals surface area (Å²) in [5.74, 6) is 1.92. The topological polar surface area (TPSA) is 73.9 Å². The Kier molecular flexibility index (Phi) is 4.18. The lowest BCUT2D eigenvalue weighted by atomic mass is 10.1. The lowest BCUT2D eigenvalue weighted by molar-refractivity contribution is 0.174. The second-order valence-corrected chi connectivity index (χ2v) is 7.56. The Morgan fingerprint density at radius 1 is 1.00 bits per heavy atom. The van der Waals surface area contributed by atoms with Gasteiger partial charge < -0.3 is 14.2 Å². The molecule has 1 aliphatic rings. The highest BCUT2D eigenvalue weighted by molar-refractivity contribution is 7.89. The smallest absolute Gasteiger partial charge is 0.241 e. The number of rotatable bonds is 5. The molecule has 3 aromatic rings. The van der Waals surface area contributed by atoms with Gasteiger partial charge in [0.15, 0.2) is 11.5 Å². The maximum atomic E-state index is 12.8. The Balaban J connectivity index is 1.64. The van der Waals surface area contributed by atoms with E-state index in [0.29, 0.717) is 22.6 Å². The van der Waals surface area contributed by atoms with Gasteiger partial charge in [-0.15, -0.1) is 0 Å². The van der Waals surface area contributed by atoms with Crippen LogP contribution in [0.15, 0.2) is 59.5 Å². The molecule has 0 spiro atoms. The van der Waals surface area contributed by atoms with Crippen molar-refractivity contribution in [3.8, 4) is 17.2 Å². The molecule has 0 amide bonds. The van der Waals surface area contributed by atoms with E-state index < -0.39 is 10.0 Å². The molecule has 0 atom stereocenters. The minimum atomic E-state index is -3.70. The molecule has 4 rings (SSSR count). The Morgan fingerprint density at radius 2 is 1.77 bits per heavy atom. The maximum absolute atomic E-state index is 12.8. The molecule has 1 N–H and O–H groups in total. The highest BCUT2D eigenvalue weighted by Crippen LogP contribution is 2.33. The average molecular weight is 371 g/mol. The molecule has 26 heavy (non-hydrogen) atoms. The van der Waals surface area contributed by atoms with Crippen LogP contribution in [0.4, 0.5) is 0 Å². The Labute approximate surface area is 151 Å². The molecule has 1 heterocycles. The molecule has 0 saturated heterocycles. The van der Waals surface area contributed by atoms with Gasteiger partial charge in [-0.25, -0.2) is 13.1 Å². The summed E-state index contributed by atoms with van der Waals surface area (Å²) in [6, 6.07) is 15.8. The number of benzene rings is 3. The minimum Gasteiger partial charge on any atom is -0.496 e. The van der Waals surface area contributed by atoms with E-state index in [9.17, 15) is 8.42 Å². The fourth-order valence-electron chi connectivity index (χ4n) is 2.96. The first-order valence-corrected chi connectivity index (χ1v) is 9.51. The molecule has 1 aliphatic heterocycles. The van der Waals surface area contributed by atoms with Crippen LogP contribution >= 0.6 is 0 Å². The van der Waals surface area contributed by atoms with Crippen molar-refractivity contribution in [2.75, 3.05) is 13.9 Å². The largest absolute Gasteiger partial charge is 0.496 e. The number of fused-ring (bicyclic) bond motifs is 2. The maximum Gasteiger partial charge on any atom is 0.241 e. The van der Waals surface area contributed by atoms with Crippen LogP contribution in [0.25, 0.3) is 10.8 Å². The van der Waals surface area contributed by atoms with E-state index in [-0.39, 0.29) is 18.2 Å². The van der Waals surface area contributed by atoms with Gasteiger partial charge in [0.2, 0.25) is 16.8 Å². The summed E-state index contributed by atoms with van der Waals surface area (Å²) in [7, 11) is -2.14. The summed E-state index contributed by atoms with van der Waals surface area (Å²) < 4.78 is 44.3. The molecule has 0 radical (unpaired) electrons. The zero-order chi connectivity index (χ0) is 18.1. The van der Waals surface area contributed by atoms with Crippen molar-refractivity contribution in [2.24, 2.45) is 0 Å².